The lowest BCUT2D eigenvalue weighted by molar-refractivity contribution is 0.104. The van der Waals surface area contributed by atoms with Crippen LogP contribution in [0.1, 0.15) is 24.2 Å². The molecule has 0 fully saturated rings. The molecule has 2 rings (SSSR count). The van der Waals surface area contributed by atoms with Crippen LogP contribution in [0.5, 0.6) is 11.5 Å². The first-order valence-electron chi connectivity index (χ1n) is 8.68. The number of aromatic amines is 1. The van der Waals surface area contributed by atoms with Crippen molar-refractivity contribution in [3.05, 3.63) is 70.2 Å². The van der Waals surface area contributed by atoms with Gasteiger partial charge in [0.2, 0.25) is 0 Å². The van der Waals surface area contributed by atoms with Gasteiger partial charge in [-0.25, -0.2) is 0 Å². The molecule has 7 heteroatoms. The molecule has 0 aliphatic carbocycles. The van der Waals surface area contributed by atoms with Crippen LogP contribution >= 0.6 is 0 Å². The molecule has 0 bridgehead atoms. The zero-order valence-corrected chi connectivity index (χ0v) is 15.6. The van der Waals surface area contributed by atoms with E-state index >= 15 is 0 Å². The maximum absolute atomic E-state index is 12.5. The molecule has 0 saturated carbocycles. The number of aromatic nitrogens is 1. The van der Waals surface area contributed by atoms with Crippen LogP contribution in [-0.4, -0.2) is 43.9 Å². The molecule has 0 radical (unpaired) electrons. The number of phenolic OH excluding ortho intramolecular Hbond substituents is 1. The number of H-pyrrole nitrogens is 1. The molecule has 2 atom stereocenters. The van der Waals surface area contributed by atoms with E-state index < -0.39 is 34.7 Å². The highest BCUT2D eigenvalue weighted by atomic mass is 16.3. The molecule has 1 aromatic heterocycles. The first-order valence-corrected chi connectivity index (χ1v) is 8.68. The number of hydrogen-bond acceptors (Lipinski definition) is 6. The standard InChI is InChI=1S/C21H23NO6/c1-12(9-15(11-23)13(2)24)3-8-18(26)19-20(27)17(10-22-21(19)28)14-4-6-16(25)7-5-14/h3-10,13,15,23-25H,11H2,1-2H3,(H2,22,27,28)/b8-3+,12-9+/t13-,15-/m1/s1. The number of carbonyl (C=O) groups is 1. The summed E-state index contributed by atoms with van der Waals surface area (Å²) in [5, 5.41) is 38.6. The lowest BCUT2D eigenvalue weighted by atomic mass is 10.00. The van der Waals surface area contributed by atoms with Gasteiger partial charge in [0.1, 0.15) is 17.1 Å². The molecule has 2 aromatic rings. The van der Waals surface area contributed by atoms with Crippen molar-refractivity contribution < 1.29 is 25.2 Å². The summed E-state index contributed by atoms with van der Waals surface area (Å²) in [7, 11) is 0. The van der Waals surface area contributed by atoms with Gasteiger partial charge in [-0.15, -0.1) is 0 Å². The number of rotatable bonds is 7. The molecular weight excluding hydrogens is 362 g/mol. The molecule has 0 saturated heterocycles. The van der Waals surface area contributed by atoms with E-state index in [1.165, 1.54) is 24.4 Å². The quantitative estimate of drug-likeness (QED) is 0.282. The fourth-order valence-corrected chi connectivity index (χ4v) is 2.64. The summed E-state index contributed by atoms with van der Waals surface area (Å²) in [6.45, 7) is 2.99. The molecule has 148 valence electrons. The molecule has 0 spiro atoms. The number of phenols is 1. The second-order valence-electron chi connectivity index (χ2n) is 6.50. The van der Waals surface area contributed by atoms with Crippen LogP contribution in [0.2, 0.25) is 0 Å². The van der Waals surface area contributed by atoms with Gasteiger partial charge in [0, 0.05) is 17.7 Å². The topological polar surface area (TPSA) is 131 Å². The van der Waals surface area contributed by atoms with E-state index in [-0.39, 0.29) is 17.9 Å². The Hall–Kier alpha value is -3.16. The summed E-state index contributed by atoms with van der Waals surface area (Å²) in [4.78, 5) is 27.0. The van der Waals surface area contributed by atoms with Gasteiger partial charge in [-0.3, -0.25) is 9.59 Å². The number of aliphatic hydroxyl groups is 2. The van der Waals surface area contributed by atoms with E-state index in [4.69, 9.17) is 0 Å². The number of allylic oxidation sites excluding steroid dienone is 3. The summed E-state index contributed by atoms with van der Waals surface area (Å²) in [5.41, 5.74) is 0.248. The van der Waals surface area contributed by atoms with Gasteiger partial charge >= 0.3 is 0 Å². The second kappa shape index (κ2) is 9.16. The first-order chi connectivity index (χ1) is 13.2. The van der Waals surface area contributed by atoms with Crippen molar-refractivity contribution in [1.29, 1.82) is 0 Å². The van der Waals surface area contributed by atoms with Crippen molar-refractivity contribution in [2.75, 3.05) is 6.61 Å². The SMILES string of the molecule is CC(/C=C/C(=O)c1c(O)c(-c2ccc(O)cc2)c[nH]c1=O)=C\[C@H](CO)[C@@H](C)O. The minimum atomic E-state index is -0.752. The Bertz CT molecular complexity index is 954. The number of pyridine rings is 1. The van der Waals surface area contributed by atoms with E-state index in [0.717, 1.165) is 6.08 Å². The third kappa shape index (κ3) is 4.97. The summed E-state index contributed by atoms with van der Waals surface area (Å²) < 4.78 is 0. The van der Waals surface area contributed by atoms with Gasteiger partial charge in [0.05, 0.1) is 12.7 Å². The van der Waals surface area contributed by atoms with Crippen molar-refractivity contribution >= 4 is 5.78 Å². The lowest BCUT2D eigenvalue weighted by Crippen LogP contribution is -2.18. The van der Waals surface area contributed by atoms with E-state index in [0.29, 0.717) is 11.1 Å². The van der Waals surface area contributed by atoms with Crippen LogP contribution in [0.4, 0.5) is 0 Å². The van der Waals surface area contributed by atoms with Crippen LogP contribution in [0.15, 0.2) is 59.1 Å². The molecule has 7 nitrogen and oxygen atoms in total. The van der Waals surface area contributed by atoms with Gasteiger partial charge in [-0.05, 0) is 37.6 Å². The zero-order chi connectivity index (χ0) is 20.8. The fourth-order valence-electron chi connectivity index (χ4n) is 2.64. The molecule has 28 heavy (non-hydrogen) atoms. The number of hydrogen-bond donors (Lipinski definition) is 5. The number of carbonyl (C=O) groups excluding carboxylic acids is 1. The Kier molecular flexibility index (Phi) is 6.92. The van der Waals surface area contributed by atoms with Crippen LogP contribution in [0, 0.1) is 5.92 Å². The van der Waals surface area contributed by atoms with Crippen molar-refractivity contribution in [1.82, 2.24) is 4.98 Å². The Balaban J connectivity index is 2.35. The third-order valence-electron chi connectivity index (χ3n) is 4.30. The normalized spacial score (nSPS) is 14.2. The van der Waals surface area contributed by atoms with Gasteiger partial charge < -0.3 is 25.4 Å². The van der Waals surface area contributed by atoms with Crippen LogP contribution in [0.25, 0.3) is 11.1 Å². The van der Waals surface area contributed by atoms with Gasteiger partial charge in [-0.2, -0.15) is 0 Å². The number of aromatic hydroxyl groups is 2. The van der Waals surface area contributed by atoms with Crippen LogP contribution in [0.3, 0.4) is 0 Å². The molecular formula is C21H23NO6. The Labute approximate surface area is 161 Å². The summed E-state index contributed by atoms with van der Waals surface area (Å²) in [6.07, 6.45) is 4.75. The summed E-state index contributed by atoms with van der Waals surface area (Å²) in [6, 6.07) is 5.94. The van der Waals surface area contributed by atoms with Gasteiger partial charge in [0.15, 0.2) is 5.78 Å². The van der Waals surface area contributed by atoms with Gasteiger partial charge in [-0.1, -0.05) is 29.9 Å². The van der Waals surface area contributed by atoms with E-state index in [9.17, 15) is 30.0 Å². The van der Waals surface area contributed by atoms with E-state index in [1.54, 1.807) is 32.1 Å². The van der Waals surface area contributed by atoms with Crippen molar-refractivity contribution in [3.63, 3.8) is 0 Å². The molecule has 0 amide bonds. The predicted octanol–water partition coefficient (Wildman–Crippen LogP) is 2.13. The molecule has 5 N–H and O–H groups in total. The van der Waals surface area contributed by atoms with Crippen LogP contribution < -0.4 is 5.56 Å². The number of benzene rings is 1. The minimum absolute atomic E-state index is 0.0486. The predicted molar refractivity (Wildman–Crippen MR) is 105 cm³/mol. The Morgan fingerprint density at radius 3 is 2.39 bits per heavy atom. The smallest absolute Gasteiger partial charge is 0.263 e. The summed E-state index contributed by atoms with van der Waals surface area (Å²) in [5.74, 6) is -1.57. The average molecular weight is 385 g/mol. The highest BCUT2D eigenvalue weighted by Crippen LogP contribution is 2.31. The fraction of sp³-hybridized carbons (Fsp3) is 0.238. The Morgan fingerprint density at radius 2 is 1.82 bits per heavy atom. The van der Waals surface area contributed by atoms with Crippen LogP contribution in [-0.2, 0) is 0 Å². The molecule has 0 aliphatic heterocycles. The molecule has 0 aliphatic rings. The maximum atomic E-state index is 12.5. The number of ketones is 1. The number of nitrogens with one attached hydrogen (secondary N) is 1. The highest BCUT2D eigenvalue weighted by Gasteiger charge is 2.18. The lowest BCUT2D eigenvalue weighted by Gasteiger charge is -2.13. The maximum Gasteiger partial charge on any atom is 0.263 e. The highest BCUT2D eigenvalue weighted by molar-refractivity contribution is 6.07. The van der Waals surface area contributed by atoms with Gasteiger partial charge in [0.25, 0.3) is 5.56 Å². The largest absolute Gasteiger partial charge is 0.508 e. The van der Waals surface area contributed by atoms with Crippen molar-refractivity contribution in [2.45, 2.75) is 20.0 Å². The van der Waals surface area contributed by atoms with Crippen molar-refractivity contribution in [3.8, 4) is 22.6 Å². The number of aliphatic hydroxyl groups excluding tert-OH is 2. The molecule has 0 unspecified atom stereocenters. The van der Waals surface area contributed by atoms with E-state index in [2.05, 4.69) is 4.98 Å². The monoisotopic (exact) mass is 385 g/mol. The first kappa shape index (κ1) is 21.1. The average Bonchev–Trinajstić information content (AvgIpc) is 2.65. The zero-order valence-electron chi connectivity index (χ0n) is 15.6. The molecule has 1 heterocycles. The van der Waals surface area contributed by atoms with E-state index in [1.807, 2.05) is 0 Å². The third-order valence-corrected chi connectivity index (χ3v) is 4.30. The summed E-state index contributed by atoms with van der Waals surface area (Å²) >= 11 is 0. The van der Waals surface area contributed by atoms with Crippen molar-refractivity contribution in [2.24, 2.45) is 5.92 Å². The minimum Gasteiger partial charge on any atom is -0.508 e. The second-order valence-corrected chi connectivity index (χ2v) is 6.50. The molecule has 1 aromatic carbocycles. The Morgan fingerprint density at radius 1 is 1.18 bits per heavy atom.